The van der Waals surface area contributed by atoms with Crippen LogP contribution in [0, 0.1) is 5.92 Å². The third-order valence-corrected chi connectivity index (χ3v) is 5.14. The molecule has 3 aromatic rings. The fourth-order valence-corrected chi connectivity index (χ4v) is 3.53. The summed E-state index contributed by atoms with van der Waals surface area (Å²) < 4.78 is 5.90. The maximum atomic E-state index is 12.6. The van der Waals surface area contributed by atoms with Gasteiger partial charge in [-0.15, -0.1) is 0 Å². The van der Waals surface area contributed by atoms with Gasteiger partial charge in [0.2, 0.25) is 0 Å². The van der Waals surface area contributed by atoms with Crippen LogP contribution in [0.2, 0.25) is 0 Å². The van der Waals surface area contributed by atoms with Crippen LogP contribution >= 0.6 is 0 Å². The van der Waals surface area contributed by atoms with Gasteiger partial charge in [-0.3, -0.25) is 9.89 Å². The molecular formula is C22H24N4O2. The van der Waals surface area contributed by atoms with Crippen molar-refractivity contribution >= 4 is 5.91 Å². The minimum atomic E-state index is -0.0745. The van der Waals surface area contributed by atoms with Crippen LogP contribution in [0.3, 0.4) is 0 Å². The van der Waals surface area contributed by atoms with Crippen molar-refractivity contribution in [2.24, 2.45) is 5.92 Å². The molecule has 1 aliphatic heterocycles. The number of hydrogen-bond acceptors (Lipinski definition) is 4. The van der Waals surface area contributed by atoms with E-state index in [0.717, 1.165) is 30.8 Å². The highest BCUT2D eigenvalue weighted by molar-refractivity contribution is 5.94. The van der Waals surface area contributed by atoms with Gasteiger partial charge in [-0.2, -0.15) is 5.10 Å². The zero-order valence-electron chi connectivity index (χ0n) is 15.9. The van der Waals surface area contributed by atoms with Crippen molar-refractivity contribution in [3.8, 4) is 11.4 Å². The van der Waals surface area contributed by atoms with E-state index >= 15 is 0 Å². The third-order valence-electron chi connectivity index (χ3n) is 5.14. The van der Waals surface area contributed by atoms with Gasteiger partial charge in [-0.05, 0) is 24.1 Å². The Balaban J connectivity index is 1.37. The van der Waals surface area contributed by atoms with Gasteiger partial charge in [0.05, 0.1) is 6.10 Å². The predicted molar refractivity (Wildman–Crippen MR) is 107 cm³/mol. The molecule has 1 aliphatic rings. The molecule has 1 fully saturated rings. The van der Waals surface area contributed by atoms with Crippen molar-refractivity contribution in [3.63, 3.8) is 0 Å². The van der Waals surface area contributed by atoms with Crippen molar-refractivity contribution in [3.05, 3.63) is 71.5 Å². The van der Waals surface area contributed by atoms with E-state index in [4.69, 9.17) is 4.74 Å². The SMILES string of the molecule is CCc1nc(-c2ccc(C(=O)NC[C@@H]3CCO[C@H]3c3ccccc3)cc2)n[nH]1. The number of rotatable bonds is 6. The summed E-state index contributed by atoms with van der Waals surface area (Å²) in [5, 5.41) is 10.2. The Bertz CT molecular complexity index is 921. The van der Waals surface area contributed by atoms with Crippen LogP contribution in [0.5, 0.6) is 0 Å². The number of aromatic nitrogens is 3. The summed E-state index contributed by atoms with van der Waals surface area (Å²) in [5.41, 5.74) is 2.69. The number of H-pyrrole nitrogens is 1. The molecule has 0 saturated carbocycles. The predicted octanol–water partition coefficient (Wildman–Crippen LogP) is 3.54. The number of carbonyl (C=O) groups is 1. The van der Waals surface area contributed by atoms with Crippen molar-refractivity contribution in [1.82, 2.24) is 20.5 Å². The Morgan fingerprint density at radius 3 is 2.68 bits per heavy atom. The van der Waals surface area contributed by atoms with Crippen LogP contribution in [0.1, 0.15) is 41.2 Å². The van der Waals surface area contributed by atoms with Crippen molar-refractivity contribution in [2.45, 2.75) is 25.9 Å². The van der Waals surface area contributed by atoms with Crippen LogP contribution < -0.4 is 5.32 Å². The van der Waals surface area contributed by atoms with Gasteiger partial charge in [-0.25, -0.2) is 4.98 Å². The standard InChI is InChI=1S/C22H24N4O2/c1-2-19-24-21(26-25-19)16-8-10-17(11-9-16)22(27)23-14-18-12-13-28-20(18)15-6-4-3-5-7-15/h3-11,18,20H,2,12-14H2,1H3,(H,23,27)(H,24,25,26)/t18-,20-/m0/s1. The Morgan fingerprint density at radius 1 is 1.18 bits per heavy atom. The lowest BCUT2D eigenvalue weighted by atomic mass is 9.95. The van der Waals surface area contributed by atoms with Crippen LogP contribution in [-0.4, -0.2) is 34.2 Å². The molecule has 144 valence electrons. The van der Waals surface area contributed by atoms with Crippen LogP contribution in [-0.2, 0) is 11.2 Å². The van der Waals surface area contributed by atoms with E-state index in [0.29, 0.717) is 17.9 Å². The lowest BCUT2D eigenvalue weighted by molar-refractivity contribution is 0.0846. The van der Waals surface area contributed by atoms with Gasteiger partial charge in [0.1, 0.15) is 5.82 Å². The van der Waals surface area contributed by atoms with E-state index in [1.807, 2.05) is 49.4 Å². The number of benzene rings is 2. The second kappa shape index (κ2) is 8.35. The molecule has 0 spiro atoms. The highest BCUT2D eigenvalue weighted by Crippen LogP contribution is 2.33. The van der Waals surface area contributed by atoms with Gasteiger partial charge < -0.3 is 10.1 Å². The van der Waals surface area contributed by atoms with E-state index in [1.165, 1.54) is 5.56 Å². The fraction of sp³-hybridized carbons (Fsp3) is 0.318. The maximum Gasteiger partial charge on any atom is 0.251 e. The summed E-state index contributed by atoms with van der Waals surface area (Å²) >= 11 is 0. The Kier molecular flexibility index (Phi) is 5.48. The summed E-state index contributed by atoms with van der Waals surface area (Å²) in [6.45, 7) is 3.35. The van der Waals surface area contributed by atoms with Crippen molar-refractivity contribution < 1.29 is 9.53 Å². The first-order valence-electron chi connectivity index (χ1n) is 9.71. The second-order valence-electron chi connectivity index (χ2n) is 7.00. The third kappa shape index (κ3) is 3.97. The first-order chi connectivity index (χ1) is 13.7. The summed E-state index contributed by atoms with van der Waals surface area (Å²) in [4.78, 5) is 17.0. The minimum Gasteiger partial charge on any atom is -0.373 e. The summed E-state index contributed by atoms with van der Waals surface area (Å²) in [6, 6.07) is 17.6. The highest BCUT2D eigenvalue weighted by Gasteiger charge is 2.29. The topological polar surface area (TPSA) is 79.9 Å². The van der Waals surface area contributed by atoms with Crippen LogP contribution in [0.25, 0.3) is 11.4 Å². The second-order valence-corrected chi connectivity index (χ2v) is 7.00. The first-order valence-corrected chi connectivity index (χ1v) is 9.71. The highest BCUT2D eigenvalue weighted by atomic mass is 16.5. The molecule has 2 aromatic carbocycles. The maximum absolute atomic E-state index is 12.6. The first kappa shape index (κ1) is 18.4. The molecule has 0 unspecified atom stereocenters. The number of carbonyl (C=O) groups excluding carboxylic acids is 1. The molecule has 2 N–H and O–H groups in total. The van der Waals surface area contributed by atoms with Gasteiger partial charge >= 0.3 is 0 Å². The lowest BCUT2D eigenvalue weighted by Crippen LogP contribution is -2.30. The molecule has 6 heteroatoms. The zero-order valence-corrected chi connectivity index (χ0v) is 15.9. The average molecular weight is 376 g/mol. The quantitative estimate of drug-likeness (QED) is 0.690. The van der Waals surface area contributed by atoms with Gasteiger partial charge in [0, 0.05) is 36.6 Å². The molecule has 1 aromatic heterocycles. The van der Waals surface area contributed by atoms with Crippen LogP contribution in [0.15, 0.2) is 54.6 Å². The molecule has 0 aliphatic carbocycles. The Morgan fingerprint density at radius 2 is 1.96 bits per heavy atom. The van der Waals surface area contributed by atoms with Gasteiger partial charge in [-0.1, -0.05) is 49.4 Å². The monoisotopic (exact) mass is 376 g/mol. The summed E-state index contributed by atoms with van der Waals surface area (Å²) in [6.07, 6.45) is 1.80. The molecule has 0 radical (unpaired) electrons. The Labute approximate surface area is 164 Å². The Hall–Kier alpha value is -2.99. The van der Waals surface area contributed by atoms with Gasteiger partial charge in [0.15, 0.2) is 5.82 Å². The van der Waals surface area contributed by atoms with Crippen molar-refractivity contribution in [1.29, 1.82) is 0 Å². The molecule has 0 bridgehead atoms. The van der Waals surface area contributed by atoms with E-state index in [1.54, 1.807) is 0 Å². The molecule has 2 heterocycles. The number of aryl methyl sites for hydroxylation is 1. The number of amides is 1. The van der Waals surface area contributed by atoms with E-state index in [2.05, 4.69) is 32.6 Å². The minimum absolute atomic E-state index is 0.0439. The van der Waals surface area contributed by atoms with E-state index < -0.39 is 0 Å². The van der Waals surface area contributed by atoms with Crippen molar-refractivity contribution in [2.75, 3.05) is 13.2 Å². The van der Waals surface area contributed by atoms with Crippen LogP contribution in [0.4, 0.5) is 0 Å². The molecule has 4 rings (SSSR count). The summed E-state index contributed by atoms with van der Waals surface area (Å²) in [7, 11) is 0. The zero-order chi connectivity index (χ0) is 19.3. The average Bonchev–Trinajstić information content (AvgIpc) is 3.42. The number of hydrogen-bond donors (Lipinski definition) is 2. The molecule has 6 nitrogen and oxygen atoms in total. The number of nitrogens with one attached hydrogen (secondary N) is 2. The molecule has 28 heavy (non-hydrogen) atoms. The van der Waals surface area contributed by atoms with Gasteiger partial charge in [0.25, 0.3) is 5.91 Å². The fourth-order valence-electron chi connectivity index (χ4n) is 3.53. The smallest absolute Gasteiger partial charge is 0.251 e. The largest absolute Gasteiger partial charge is 0.373 e. The molecule has 2 atom stereocenters. The number of ether oxygens (including phenoxy) is 1. The number of aromatic amines is 1. The van der Waals surface area contributed by atoms with E-state index in [-0.39, 0.29) is 17.9 Å². The molecule has 1 saturated heterocycles. The molecule has 1 amide bonds. The number of nitrogens with zero attached hydrogens (tertiary/aromatic N) is 2. The lowest BCUT2D eigenvalue weighted by Gasteiger charge is -2.19. The molecular weight excluding hydrogens is 352 g/mol. The summed E-state index contributed by atoms with van der Waals surface area (Å²) in [5.74, 6) is 1.71. The van der Waals surface area contributed by atoms with E-state index in [9.17, 15) is 4.79 Å². The normalized spacial score (nSPS) is 18.9.